The Kier molecular flexibility index (Phi) is 5.43. The van der Waals surface area contributed by atoms with Crippen molar-refractivity contribution in [2.24, 2.45) is 5.73 Å². The largest absolute Gasteiger partial charge is 0.473 e. The highest BCUT2D eigenvalue weighted by Gasteiger charge is 2.13. The van der Waals surface area contributed by atoms with Gasteiger partial charge in [0.05, 0.1) is 5.52 Å². The number of hydrogen-bond donors (Lipinski definition) is 4. The SMILES string of the molecule is Cc1[nH]c2c(C)ccc(F)c2c1CCN.O=C(O)C(=O)O. The average molecular weight is 296 g/mol. The van der Waals surface area contributed by atoms with Gasteiger partial charge in [-0.2, -0.15) is 0 Å². The number of H-pyrrole nitrogens is 1. The van der Waals surface area contributed by atoms with Crippen molar-refractivity contribution in [1.29, 1.82) is 0 Å². The molecule has 0 saturated heterocycles. The molecule has 114 valence electrons. The number of nitrogens with two attached hydrogens (primary N) is 1. The quantitative estimate of drug-likeness (QED) is 0.628. The molecule has 1 heterocycles. The highest BCUT2D eigenvalue weighted by atomic mass is 19.1. The highest BCUT2D eigenvalue weighted by molar-refractivity contribution is 6.27. The number of halogens is 1. The van der Waals surface area contributed by atoms with E-state index in [2.05, 4.69) is 4.98 Å². The van der Waals surface area contributed by atoms with Gasteiger partial charge in [-0.3, -0.25) is 0 Å². The number of carbonyl (C=O) groups is 2. The van der Waals surface area contributed by atoms with E-state index >= 15 is 0 Å². The number of aliphatic carboxylic acids is 2. The Labute approximate surface area is 120 Å². The number of nitrogens with one attached hydrogen (secondary N) is 1. The number of aryl methyl sites for hydroxylation is 2. The minimum absolute atomic E-state index is 0.164. The van der Waals surface area contributed by atoms with E-state index in [0.717, 1.165) is 22.3 Å². The Balaban J connectivity index is 0.000000315. The molecule has 2 aromatic rings. The second-order valence-corrected chi connectivity index (χ2v) is 4.49. The van der Waals surface area contributed by atoms with Crippen molar-refractivity contribution in [3.8, 4) is 0 Å². The lowest BCUT2D eigenvalue weighted by molar-refractivity contribution is -0.159. The standard InChI is InChI=1S/C12H15FN2.C2H2O4/c1-7-3-4-10(13)11-9(5-6-14)8(2)15-12(7)11;3-1(4)2(5)6/h3-4,15H,5-6,14H2,1-2H3;(H,3,4)(H,5,6). The monoisotopic (exact) mass is 296 g/mol. The lowest BCUT2D eigenvalue weighted by atomic mass is 10.1. The number of aromatic nitrogens is 1. The molecule has 0 atom stereocenters. The minimum atomic E-state index is -1.82. The average Bonchev–Trinajstić information content (AvgIpc) is 2.74. The van der Waals surface area contributed by atoms with E-state index in [4.69, 9.17) is 25.5 Å². The van der Waals surface area contributed by atoms with Gasteiger partial charge in [-0.15, -0.1) is 0 Å². The summed E-state index contributed by atoms with van der Waals surface area (Å²) in [6.45, 7) is 4.48. The van der Waals surface area contributed by atoms with Crippen LogP contribution < -0.4 is 5.73 Å². The summed E-state index contributed by atoms with van der Waals surface area (Å²) in [4.78, 5) is 21.4. The number of rotatable bonds is 2. The van der Waals surface area contributed by atoms with Crippen LogP contribution in [-0.2, 0) is 16.0 Å². The number of carboxylic acid groups (broad SMARTS) is 2. The molecule has 1 aromatic carbocycles. The van der Waals surface area contributed by atoms with E-state index in [1.165, 1.54) is 6.07 Å². The summed E-state index contributed by atoms with van der Waals surface area (Å²) in [5, 5.41) is 15.5. The van der Waals surface area contributed by atoms with E-state index < -0.39 is 11.9 Å². The van der Waals surface area contributed by atoms with Crippen LogP contribution >= 0.6 is 0 Å². The van der Waals surface area contributed by atoms with Crippen molar-refractivity contribution in [2.45, 2.75) is 20.3 Å². The zero-order valence-corrected chi connectivity index (χ0v) is 11.7. The van der Waals surface area contributed by atoms with Crippen molar-refractivity contribution in [1.82, 2.24) is 4.98 Å². The van der Waals surface area contributed by atoms with Gasteiger partial charge in [-0.1, -0.05) is 6.07 Å². The van der Waals surface area contributed by atoms with E-state index in [-0.39, 0.29) is 5.82 Å². The molecule has 0 amide bonds. The molecule has 0 fully saturated rings. The second-order valence-electron chi connectivity index (χ2n) is 4.49. The molecule has 21 heavy (non-hydrogen) atoms. The maximum atomic E-state index is 13.7. The van der Waals surface area contributed by atoms with Crippen LogP contribution in [0.3, 0.4) is 0 Å². The molecule has 0 saturated carbocycles. The molecular weight excluding hydrogens is 279 g/mol. The molecule has 5 N–H and O–H groups in total. The van der Waals surface area contributed by atoms with Crippen molar-refractivity contribution in [2.75, 3.05) is 6.54 Å². The number of aromatic amines is 1. The van der Waals surface area contributed by atoms with Gasteiger partial charge in [0.2, 0.25) is 0 Å². The molecule has 0 radical (unpaired) electrons. The summed E-state index contributed by atoms with van der Waals surface area (Å²) in [5.74, 6) is -3.81. The summed E-state index contributed by atoms with van der Waals surface area (Å²) < 4.78 is 13.7. The van der Waals surface area contributed by atoms with Crippen LogP contribution in [0.4, 0.5) is 4.39 Å². The Morgan fingerprint density at radius 3 is 2.29 bits per heavy atom. The van der Waals surface area contributed by atoms with Crippen LogP contribution in [0.1, 0.15) is 16.8 Å². The van der Waals surface area contributed by atoms with Gasteiger partial charge in [0.1, 0.15) is 5.82 Å². The maximum Gasteiger partial charge on any atom is 0.414 e. The van der Waals surface area contributed by atoms with Crippen LogP contribution in [0.5, 0.6) is 0 Å². The molecule has 0 aliphatic carbocycles. The molecule has 0 unspecified atom stereocenters. The summed E-state index contributed by atoms with van der Waals surface area (Å²) >= 11 is 0. The third-order valence-corrected chi connectivity index (χ3v) is 3.01. The Morgan fingerprint density at radius 1 is 1.24 bits per heavy atom. The topological polar surface area (TPSA) is 116 Å². The normalized spacial score (nSPS) is 10.1. The van der Waals surface area contributed by atoms with Gasteiger partial charge in [0, 0.05) is 11.1 Å². The lowest BCUT2D eigenvalue weighted by Crippen LogP contribution is -2.09. The van der Waals surface area contributed by atoms with Crippen LogP contribution in [0.2, 0.25) is 0 Å². The molecule has 2 rings (SSSR count). The van der Waals surface area contributed by atoms with E-state index in [1.807, 2.05) is 13.8 Å². The fourth-order valence-corrected chi connectivity index (χ4v) is 2.04. The third-order valence-electron chi connectivity index (χ3n) is 3.01. The van der Waals surface area contributed by atoms with Crippen molar-refractivity contribution in [3.05, 3.63) is 34.8 Å². The third kappa shape index (κ3) is 3.79. The fourth-order valence-electron chi connectivity index (χ4n) is 2.04. The minimum Gasteiger partial charge on any atom is -0.473 e. The summed E-state index contributed by atoms with van der Waals surface area (Å²) in [7, 11) is 0. The van der Waals surface area contributed by atoms with Gasteiger partial charge in [0.15, 0.2) is 0 Å². The van der Waals surface area contributed by atoms with Crippen LogP contribution in [0, 0.1) is 19.7 Å². The van der Waals surface area contributed by atoms with Crippen LogP contribution in [0.15, 0.2) is 12.1 Å². The van der Waals surface area contributed by atoms with E-state index in [9.17, 15) is 4.39 Å². The van der Waals surface area contributed by atoms with Crippen molar-refractivity contribution >= 4 is 22.8 Å². The molecule has 0 aliphatic rings. The molecule has 0 bridgehead atoms. The predicted molar refractivity (Wildman–Crippen MR) is 75.8 cm³/mol. The smallest absolute Gasteiger partial charge is 0.414 e. The van der Waals surface area contributed by atoms with Gasteiger partial charge in [-0.25, -0.2) is 14.0 Å². The second kappa shape index (κ2) is 6.85. The first-order chi connectivity index (χ1) is 9.79. The highest BCUT2D eigenvalue weighted by Crippen LogP contribution is 2.27. The molecule has 7 heteroatoms. The first-order valence-corrected chi connectivity index (χ1v) is 6.22. The van der Waals surface area contributed by atoms with E-state index in [0.29, 0.717) is 18.4 Å². The molecule has 0 aliphatic heterocycles. The van der Waals surface area contributed by atoms with Gasteiger partial charge >= 0.3 is 11.9 Å². The zero-order chi connectivity index (χ0) is 16.2. The first-order valence-electron chi connectivity index (χ1n) is 6.22. The van der Waals surface area contributed by atoms with Crippen molar-refractivity contribution in [3.63, 3.8) is 0 Å². The molecular formula is C14H17FN2O4. The first kappa shape index (κ1) is 16.6. The number of hydrogen-bond acceptors (Lipinski definition) is 3. The van der Waals surface area contributed by atoms with Gasteiger partial charge in [-0.05, 0) is 44.0 Å². The summed E-state index contributed by atoms with van der Waals surface area (Å²) in [6.07, 6.45) is 0.714. The summed E-state index contributed by atoms with van der Waals surface area (Å²) in [6, 6.07) is 3.31. The number of benzene rings is 1. The van der Waals surface area contributed by atoms with Gasteiger partial charge < -0.3 is 20.9 Å². The molecule has 0 spiro atoms. The number of carboxylic acids is 2. The number of fused-ring (bicyclic) bond motifs is 1. The Morgan fingerprint density at radius 2 is 1.81 bits per heavy atom. The van der Waals surface area contributed by atoms with Gasteiger partial charge in [0.25, 0.3) is 0 Å². The molecule has 1 aromatic heterocycles. The summed E-state index contributed by atoms with van der Waals surface area (Å²) in [5.41, 5.74) is 9.52. The van der Waals surface area contributed by atoms with Crippen LogP contribution in [-0.4, -0.2) is 33.7 Å². The zero-order valence-electron chi connectivity index (χ0n) is 11.7. The Hall–Kier alpha value is -2.41. The molecule has 6 nitrogen and oxygen atoms in total. The van der Waals surface area contributed by atoms with Crippen molar-refractivity contribution < 1.29 is 24.2 Å². The Bertz CT molecular complexity index is 667. The lowest BCUT2D eigenvalue weighted by Gasteiger charge is -2.00. The maximum absolute atomic E-state index is 13.7. The fraction of sp³-hybridized carbons (Fsp3) is 0.286. The predicted octanol–water partition coefficient (Wildman–Crippen LogP) is 1.58. The van der Waals surface area contributed by atoms with Crippen LogP contribution in [0.25, 0.3) is 10.9 Å². The van der Waals surface area contributed by atoms with E-state index in [1.54, 1.807) is 6.07 Å².